The number of fused-ring (bicyclic) bond motifs is 1. The van der Waals surface area contributed by atoms with Gasteiger partial charge in [-0.3, -0.25) is 4.79 Å². The third-order valence-corrected chi connectivity index (χ3v) is 3.04. The Morgan fingerprint density at radius 2 is 1.74 bits per heavy atom. The number of hydrogen-bond donors (Lipinski definition) is 0. The maximum Gasteiger partial charge on any atom is 0.163 e. The summed E-state index contributed by atoms with van der Waals surface area (Å²) in [5.74, 6) is 0.562. The highest BCUT2D eigenvalue weighted by atomic mass is 35.5. The molecule has 0 aliphatic rings. The van der Waals surface area contributed by atoms with Gasteiger partial charge >= 0.3 is 0 Å². The van der Waals surface area contributed by atoms with Crippen LogP contribution in [-0.4, -0.2) is 11.4 Å². The van der Waals surface area contributed by atoms with Crippen molar-refractivity contribution in [2.75, 3.05) is 0 Å². The lowest BCUT2D eigenvalue weighted by Crippen LogP contribution is -2.24. The summed E-state index contributed by atoms with van der Waals surface area (Å²) in [6.07, 6.45) is 0. The van der Waals surface area contributed by atoms with Gasteiger partial charge in [0.15, 0.2) is 5.78 Å². The summed E-state index contributed by atoms with van der Waals surface area (Å²) in [7, 11) is 0. The number of Topliss-reactive ketones (excluding diaryl/α,β-unsaturated/α-hetero) is 1. The molecule has 0 unspecified atom stereocenters. The zero-order valence-corrected chi connectivity index (χ0v) is 12.3. The zero-order valence-electron chi connectivity index (χ0n) is 11.6. The van der Waals surface area contributed by atoms with E-state index in [-0.39, 0.29) is 11.4 Å². The fraction of sp³-hybridized carbons (Fsp3) is 0.312. The highest BCUT2D eigenvalue weighted by Crippen LogP contribution is 2.37. The number of hydrogen-bond acceptors (Lipinski definition) is 2. The highest BCUT2D eigenvalue weighted by molar-refractivity contribution is 6.36. The molecule has 0 spiro atoms. The van der Waals surface area contributed by atoms with E-state index in [1.165, 1.54) is 6.92 Å². The van der Waals surface area contributed by atoms with Crippen LogP contribution in [0.3, 0.4) is 0 Å². The van der Waals surface area contributed by atoms with Gasteiger partial charge < -0.3 is 4.74 Å². The van der Waals surface area contributed by atoms with Crippen LogP contribution in [0.2, 0.25) is 5.02 Å². The normalized spacial score (nSPS) is 11.6. The van der Waals surface area contributed by atoms with E-state index in [4.69, 9.17) is 16.3 Å². The predicted octanol–water partition coefficient (Wildman–Crippen LogP) is 4.87. The van der Waals surface area contributed by atoms with Gasteiger partial charge in [0, 0.05) is 15.8 Å². The first kappa shape index (κ1) is 13.9. The molecule has 0 radical (unpaired) electrons. The summed E-state index contributed by atoms with van der Waals surface area (Å²) < 4.78 is 5.98. The summed E-state index contributed by atoms with van der Waals surface area (Å²) >= 11 is 6.24. The molecule has 0 heterocycles. The van der Waals surface area contributed by atoms with E-state index in [1.54, 1.807) is 6.07 Å². The number of halogens is 1. The number of rotatable bonds is 2. The maximum absolute atomic E-state index is 11.8. The van der Waals surface area contributed by atoms with E-state index >= 15 is 0 Å². The van der Waals surface area contributed by atoms with Crippen molar-refractivity contribution in [1.82, 2.24) is 0 Å². The van der Waals surface area contributed by atoms with Crippen molar-refractivity contribution >= 4 is 28.2 Å². The van der Waals surface area contributed by atoms with Crippen molar-refractivity contribution in [2.24, 2.45) is 0 Å². The monoisotopic (exact) mass is 276 g/mol. The summed E-state index contributed by atoms with van der Waals surface area (Å²) in [6, 6.07) is 9.37. The van der Waals surface area contributed by atoms with Gasteiger partial charge in [0.05, 0.1) is 5.56 Å². The average molecular weight is 277 g/mol. The molecule has 2 aromatic carbocycles. The van der Waals surface area contributed by atoms with Crippen LogP contribution in [0.4, 0.5) is 0 Å². The Bertz CT molecular complexity index is 639. The van der Waals surface area contributed by atoms with Crippen LogP contribution in [0.1, 0.15) is 38.1 Å². The first-order valence-electron chi connectivity index (χ1n) is 6.21. The largest absolute Gasteiger partial charge is 0.487 e. The molecule has 2 aromatic rings. The number of carbonyl (C=O) groups is 1. The minimum atomic E-state index is -0.374. The summed E-state index contributed by atoms with van der Waals surface area (Å²) in [5.41, 5.74) is 0.152. The number of ether oxygens (including phenoxy) is 1. The molecule has 19 heavy (non-hydrogen) atoms. The van der Waals surface area contributed by atoms with E-state index in [2.05, 4.69) is 0 Å². The van der Waals surface area contributed by atoms with Crippen LogP contribution in [0.25, 0.3) is 10.8 Å². The van der Waals surface area contributed by atoms with Crippen LogP contribution >= 0.6 is 11.6 Å². The van der Waals surface area contributed by atoms with Gasteiger partial charge in [-0.2, -0.15) is 0 Å². The van der Waals surface area contributed by atoms with Crippen molar-refractivity contribution in [3.05, 3.63) is 40.9 Å². The molecule has 0 fully saturated rings. The van der Waals surface area contributed by atoms with E-state index in [0.717, 1.165) is 10.8 Å². The molecule has 0 atom stereocenters. The molecule has 100 valence electrons. The second-order valence-corrected chi connectivity index (χ2v) is 5.96. The second kappa shape index (κ2) is 4.86. The van der Waals surface area contributed by atoms with Gasteiger partial charge in [-0.05, 0) is 33.8 Å². The van der Waals surface area contributed by atoms with Gasteiger partial charge in [0.2, 0.25) is 0 Å². The zero-order chi connectivity index (χ0) is 14.2. The number of ketones is 1. The van der Waals surface area contributed by atoms with Crippen molar-refractivity contribution in [1.29, 1.82) is 0 Å². The molecule has 2 rings (SSSR count). The van der Waals surface area contributed by atoms with Crippen LogP contribution in [0, 0.1) is 0 Å². The molecule has 0 aromatic heterocycles. The topological polar surface area (TPSA) is 26.3 Å². The Balaban J connectivity index is 2.79. The predicted molar refractivity (Wildman–Crippen MR) is 79.3 cm³/mol. The quantitative estimate of drug-likeness (QED) is 0.731. The Hall–Kier alpha value is -1.54. The van der Waals surface area contributed by atoms with Gasteiger partial charge in [-0.25, -0.2) is 0 Å². The Morgan fingerprint density at radius 1 is 1.16 bits per heavy atom. The fourth-order valence-electron chi connectivity index (χ4n) is 1.98. The molecule has 3 heteroatoms. The standard InChI is InChI=1S/C16H17ClO2/c1-10(18)13-9-14(17)11-7-5-6-8-12(11)15(13)19-16(2,3)4/h5-9H,1-4H3. The van der Waals surface area contributed by atoms with Crippen LogP contribution in [0.5, 0.6) is 5.75 Å². The Kier molecular flexibility index (Phi) is 3.55. The summed E-state index contributed by atoms with van der Waals surface area (Å²) in [5, 5.41) is 2.34. The van der Waals surface area contributed by atoms with E-state index in [1.807, 2.05) is 45.0 Å². The third kappa shape index (κ3) is 2.90. The molecule has 0 saturated carbocycles. The molecule has 0 aliphatic carbocycles. The number of benzene rings is 2. The lowest BCUT2D eigenvalue weighted by Gasteiger charge is -2.24. The highest BCUT2D eigenvalue weighted by Gasteiger charge is 2.20. The smallest absolute Gasteiger partial charge is 0.163 e. The van der Waals surface area contributed by atoms with Crippen molar-refractivity contribution in [3.63, 3.8) is 0 Å². The minimum Gasteiger partial charge on any atom is -0.487 e. The van der Waals surface area contributed by atoms with Crippen molar-refractivity contribution in [3.8, 4) is 5.75 Å². The van der Waals surface area contributed by atoms with Crippen LogP contribution in [0.15, 0.2) is 30.3 Å². The minimum absolute atomic E-state index is 0.0492. The molecule has 2 nitrogen and oxygen atoms in total. The van der Waals surface area contributed by atoms with Gasteiger partial charge in [-0.1, -0.05) is 35.9 Å². The molecular weight excluding hydrogens is 260 g/mol. The molecule has 0 bridgehead atoms. The van der Waals surface area contributed by atoms with Gasteiger partial charge in [0.25, 0.3) is 0 Å². The number of carbonyl (C=O) groups excluding carboxylic acids is 1. The first-order chi connectivity index (χ1) is 8.79. The lowest BCUT2D eigenvalue weighted by molar-refractivity contribution is 0.0993. The Morgan fingerprint density at radius 3 is 2.26 bits per heavy atom. The first-order valence-corrected chi connectivity index (χ1v) is 6.58. The summed E-state index contributed by atoms with van der Waals surface area (Å²) in [4.78, 5) is 11.8. The summed E-state index contributed by atoms with van der Waals surface area (Å²) in [6.45, 7) is 7.40. The van der Waals surface area contributed by atoms with Gasteiger partial charge in [-0.15, -0.1) is 0 Å². The molecule has 0 N–H and O–H groups in total. The fourth-order valence-corrected chi connectivity index (χ4v) is 2.26. The molecule has 0 saturated heterocycles. The van der Waals surface area contributed by atoms with Crippen LogP contribution < -0.4 is 4.74 Å². The van der Waals surface area contributed by atoms with Crippen molar-refractivity contribution in [2.45, 2.75) is 33.3 Å². The average Bonchev–Trinajstić information content (AvgIpc) is 2.31. The van der Waals surface area contributed by atoms with E-state index < -0.39 is 0 Å². The third-order valence-electron chi connectivity index (χ3n) is 2.73. The molecular formula is C16H17ClO2. The van der Waals surface area contributed by atoms with Crippen LogP contribution in [-0.2, 0) is 0 Å². The van der Waals surface area contributed by atoms with E-state index in [0.29, 0.717) is 16.3 Å². The van der Waals surface area contributed by atoms with Gasteiger partial charge in [0.1, 0.15) is 11.4 Å². The lowest BCUT2D eigenvalue weighted by atomic mass is 10.0. The maximum atomic E-state index is 11.8. The second-order valence-electron chi connectivity index (χ2n) is 5.55. The van der Waals surface area contributed by atoms with Crippen molar-refractivity contribution < 1.29 is 9.53 Å². The Labute approximate surface area is 118 Å². The SMILES string of the molecule is CC(=O)c1cc(Cl)c2ccccc2c1OC(C)(C)C. The molecule has 0 amide bonds. The molecule has 0 aliphatic heterocycles. The van der Waals surface area contributed by atoms with E-state index in [9.17, 15) is 4.79 Å².